The van der Waals surface area contributed by atoms with Crippen molar-refractivity contribution in [3.63, 3.8) is 0 Å². The zero-order valence-electron chi connectivity index (χ0n) is 17.9. The molecule has 0 bridgehead atoms. The van der Waals surface area contributed by atoms with Crippen molar-refractivity contribution < 1.29 is 9.84 Å². The standard InChI is InChI=1S/C25H40O2/c1-19(2)8-5-9-20(3)10-6-11-21(4)12-7-13-24-16-14-22-18-23(26)15-17-25(22)27-24/h14-21,24,26H,5-13H2,1-4H3/t20-,21-,24-/m1/s1. The zero-order valence-corrected chi connectivity index (χ0v) is 17.9. The summed E-state index contributed by atoms with van der Waals surface area (Å²) in [6.07, 6.45) is 16.3. The molecular weight excluding hydrogens is 332 g/mol. The number of phenolic OH excluding ortho intramolecular Hbond substituents is 1. The van der Waals surface area contributed by atoms with Gasteiger partial charge >= 0.3 is 0 Å². The van der Waals surface area contributed by atoms with Crippen LogP contribution in [-0.4, -0.2) is 11.2 Å². The van der Waals surface area contributed by atoms with E-state index in [1.54, 1.807) is 12.1 Å². The van der Waals surface area contributed by atoms with Crippen molar-refractivity contribution in [2.75, 3.05) is 0 Å². The van der Waals surface area contributed by atoms with E-state index in [1.165, 1.54) is 51.4 Å². The highest BCUT2D eigenvalue weighted by atomic mass is 16.5. The second-order valence-corrected chi connectivity index (χ2v) is 9.13. The predicted molar refractivity (Wildman–Crippen MR) is 116 cm³/mol. The molecule has 2 nitrogen and oxygen atoms in total. The maximum Gasteiger partial charge on any atom is 0.127 e. The fourth-order valence-corrected chi connectivity index (χ4v) is 3.99. The number of hydrogen-bond donors (Lipinski definition) is 1. The van der Waals surface area contributed by atoms with Gasteiger partial charge in [-0.1, -0.05) is 78.7 Å². The van der Waals surface area contributed by atoms with Crippen LogP contribution < -0.4 is 4.74 Å². The molecule has 0 saturated heterocycles. The molecule has 0 unspecified atom stereocenters. The van der Waals surface area contributed by atoms with Gasteiger partial charge < -0.3 is 9.84 Å². The lowest BCUT2D eigenvalue weighted by atomic mass is 9.91. The fourth-order valence-electron chi connectivity index (χ4n) is 3.99. The highest BCUT2D eigenvalue weighted by Crippen LogP contribution is 2.30. The molecule has 0 fully saturated rings. The largest absolute Gasteiger partial charge is 0.508 e. The number of rotatable bonds is 12. The van der Waals surface area contributed by atoms with Crippen LogP contribution in [0.3, 0.4) is 0 Å². The van der Waals surface area contributed by atoms with Gasteiger partial charge in [0.1, 0.15) is 17.6 Å². The van der Waals surface area contributed by atoms with Crippen LogP contribution in [0.25, 0.3) is 6.08 Å². The van der Waals surface area contributed by atoms with E-state index in [0.29, 0.717) is 5.75 Å². The highest BCUT2D eigenvalue weighted by molar-refractivity contribution is 5.61. The van der Waals surface area contributed by atoms with E-state index in [1.807, 2.05) is 6.07 Å². The van der Waals surface area contributed by atoms with Crippen molar-refractivity contribution in [2.24, 2.45) is 17.8 Å². The van der Waals surface area contributed by atoms with Crippen molar-refractivity contribution in [1.82, 2.24) is 0 Å². The SMILES string of the molecule is CC(C)CCC[C@@H](C)CCC[C@@H](C)CCC[C@@H]1C=Cc2cc(O)ccc2O1. The quantitative estimate of drug-likeness (QED) is 0.409. The highest BCUT2D eigenvalue weighted by Gasteiger charge is 2.15. The Kier molecular flexibility index (Phi) is 9.24. The molecule has 1 aliphatic heterocycles. The zero-order chi connectivity index (χ0) is 19.6. The van der Waals surface area contributed by atoms with Crippen LogP contribution in [0.15, 0.2) is 24.3 Å². The van der Waals surface area contributed by atoms with Gasteiger partial charge in [0.05, 0.1) is 0 Å². The van der Waals surface area contributed by atoms with Crippen molar-refractivity contribution in [1.29, 1.82) is 0 Å². The summed E-state index contributed by atoms with van der Waals surface area (Å²) in [4.78, 5) is 0. The molecule has 1 heterocycles. The molecule has 0 radical (unpaired) electrons. The van der Waals surface area contributed by atoms with Crippen molar-refractivity contribution >= 4 is 6.08 Å². The summed E-state index contributed by atoms with van der Waals surface area (Å²) in [6, 6.07) is 5.32. The Balaban J connectivity index is 1.55. The van der Waals surface area contributed by atoms with Gasteiger partial charge in [0, 0.05) is 5.56 Å². The first kappa shape index (κ1) is 21.9. The van der Waals surface area contributed by atoms with E-state index in [-0.39, 0.29) is 6.10 Å². The van der Waals surface area contributed by atoms with Gasteiger partial charge in [-0.15, -0.1) is 0 Å². The molecule has 2 rings (SSSR count). The van der Waals surface area contributed by atoms with Crippen LogP contribution in [0.4, 0.5) is 0 Å². The lowest BCUT2D eigenvalue weighted by Crippen LogP contribution is -2.17. The van der Waals surface area contributed by atoms with Gasteiger partial charge in [-0.3, -0.25) is 0 Å². The fraction of sp³-hybridized carbons (Fsp3) is 0.680. The molecule has 0 spiro atoms. The molecule has 1 aromatic carbocycles. The number of fused-ring (bicyclic) bond motifs is 1. The monoisotopic (exact) mass is 372 g/mol. The molecule has 3 atom stereocenters. The van der Waals surface area contributed by atoms with Crippen molar-refractivity contribution in [2.45, 2.75) is 91.6 Å². The molecule has 0 amide bonds. The second kappa shape index (κ2) is 11.4. The first-order chi connectivity index (χ1) is 12.9. The van der Waals surface area contributed by atoms with Crippen LogP contribution >= 0.6 is 0 Å². The third kappa shape index (κ3) is 8.41. The Morgan fingerprint density at radius 2 is 1.52 bits per heavy atom. The van der Waals surface area contributed by atoms with Crippen LogP contribution in [0.1, 0.15) is 91.0 Å². The van der Waals surface area contributed by atoms with Crippen molar-refractivity contribution in [3.05, 3.63) is 29.8 Å². The summed E-state index contributed by atoms with van der Waals surface area (Å²) in [5.74, 6) is 3.73. The Labute approximate surface area is 167 Å². The minimum atomic E-state index is 0.176. The lowest BCUT2D eigenvalue weighted by Gasteiger charge is -2.22. The van der Waals surface area contributed by atoms with E-state index in [2.05, 4.69) is 39.8 Å². The van der Waals surface area contributed by atoms with Crippen molar-refractivity contribution in [3.8, 4) is 11.5 Å². The molecular formula is C25H40O2. The Bertz CT molecular complexity index is 576. The molecule has 0 aromatic heterocycles. The topological polar surface area (TPSA) is 29.5 Å². The van der Waals surface area contributed by atoms with E-state index < -0.39 is 0 Å². The average Bonchev–Trinajstić information content (AvgIpc) is 2.61. The maximum absolute atomic E-state index is 9.54. The molecule has 1 aromatic rings. The predicted octanol–water partition coefficient (Wildman–Crippen LogP) is 7.61. The Hall–Kier alpha value is -1.44. The number of hydrogen-bond acceptors (Lipinski definition) is 2. The molecule has 27 heavy (non-hydrogen) atoms. The summed E-state index contributed by atoms with van der Waals surface area (Å²) in [5.41, 5.74) is 0.974. The minimum Gasteiger partial charge on any atom is -0.508 e. The molecule has 152 valence electrons. The van der Waals surface area contributed by atoms with E-state index in [4.69, 9.17) is 4.74 Å². The Morgan fingerprint density at radius 3 is 2.19 bits per heavy atom. The van der Waals surface area contributed by atoms with E-state index in [0.717, 1.165) is 35.5 Å². The molecule has 0 saturated carbocycles. The normalized spacial score (nSPS) is 18.2. The number of ether oxygens (including phenoxy) is 1. The Morgan fingerprint density at radius 1 is 0.889 bits per heavy atom. The van der Waals surface area contributed by atoms with E-state index >= 15 is 0 Å². The molecule has 1 N–H and O–H groups in total. The molecule has 1 aliphatic rings. The van der Waals surface area contributed by atoms with Crippen LogP contribution in [0.2, 0.25) is 0 Å². The summed E-state index contributed by atoms with van der Waals surface area (Å²) in [6.45, 7) is 9.47. The lowest BCUT2D eigenvalue weighted by molar-refractivity contribution is 0.226. The third-order valence-electron chi connectivity index (χ3n) is 5.82. The molecule has 0 aliphatic carbocycles. The van der Waals surface area contributed by atoms with Gasteiger partial charge in [0.25, 0.3) is 0 Å². The van der Waals surface area contributed by atoms with Gasteiger partial charge in [0.15, 0.2) is 0 Å². The van der Waals surface area contributed by atoms with Crippen LogP contribution in [0.5, 0.6) is 11.5 Å². The summed E-state index contributed by atoms with van der Waals surface area (Å²) in [7, 11) is 0. The second-order valence-electron chi connectivity index (χ2n) is 9.13. The van der Waals surface area contributed by atoms with Crippen LogP contribution in [0, 0.1) is 17.8 Å². The summed E-state index contributed by atoms with van der Waals surface area (Å²) in [5, 5.41) is 9.54. The molecule has 2 heteroatoms. The number of aromatic hydroxyl groups is 1. The van der Waals surface area contributed by atoms with E-state index in [9.17, 15) is 5.11 Å². The first-order valence-corrected chi connectivity index (χ1v) is 11.1. The average molecular weight is 373 g/mol. The summed E-state index contributed by atoms with van der Waals surface area (Å²) >= 11 is 0. The summed E-state index contributed by atoms with van der Waals surface area (Å²) < 4.78 is 6.04. The number of phenols is 1. The first-order valence-electron chi connectivity index (χ1n) is 11.1. The van der Waals surface area contributed by atoms with Crippen LogP contribution in [-0.2, 0) is 0 Å². The smallest absolute Gasteiger partial charge is 0.127 e. The minimum absolute atomic E-state index is 0.176. The van der Waals surface area contributed by atoms with Gasteiger partial charge in [0.2, 0.25) is 0 Å². The number of benzene rings is 1. The van der Waals surface area contributed by atoms with Gasteiger partial charge in [-0.05, 0) is 54.9 Å². The third-order valence-corrected chi connectivity index (χ3v) is 5.82. The van der Waals surface area contributed by atoms with Gasteiger partial charge in [-0.2, -0.15) is 0 Å². The van der Waals surface area contributed by atoms with Gasteiger partial charge in [-0.25, -0.2) is 0 Å². The maximum atomic E-state index is 9.54.